The number of rotatable bonds is 4. The average Bonchev–Trinajstić information content (AvgIpc) is 2.59. The van der Waals surface area contributed by atoms with Gasteiger partial charge in [-0.1, -0.05) is 0 Å². The third kappa shape index (κ3) is 4.36. The molecule has 1 aromatic carbocycles. The predicted octanol–water partition coefficient (Wildman–Crippen LogP) is 1.75. The fraction of sp³-hybridized carbons (Fsp3) is 0.500. The van der Waals surface area contributed by atoms with Gasteiger partial charge in [0.15, 0.2) is 0 Å². The number of fused-ring (bicyclic) bond motifs is 1. The Labute approximate surface area is 146 Å². The van der Waals surface area contributed by atoms with Gasteiger partial charge in [0, 0.05) is 24.8 Å². The summed E-state index contributed by atoms with van der Waals surface area (Å²) in [6.07, 6.45) is 2.42. The van der Waals surface area contributed by atoms with Crippen molar-refractivity contribution in [2.75, 3.05) is 23.8 Å². The first kappa shape index (κ1) is 17.4. The fourth-order valence-corrected chi connectivity index (χ4v) is 3.31. The number of carbonyl (C=O) groups excluding carboxylic acids is 3. The number of amides is 3. The van der Waals surface area contributed by atoms with E-state index in [0.717, 1.165) is 25.8 Å². The lowest BCUT2D eigenvalue weighted by atomic mass is 9.99. The van der Waals surface area contributed by atoms with Crippen LogP contribution in [0.5, 0.6) is 0 Å². The van der Waals surface area contributed by atoms with Crippen molar-refractivity contribution in [1.82, 2.24) is 4.90 Å². The van der Waals surface area contributed by atoms with Crippen LogP contribution in [0.3, 0.4) is 0 Å². The van der Waals surface area contributed by atoms with Crippen LogP contribution in [-0.4, -0.2) is 47.9 Å². The van der Waals surface area contributed by atoms with Crippen molar-refractivity contribution in [3.8, 4) is 0 Å². The van der Waals surface area contributed by atoms with Gasteiger partial charge in [-0.05, 0) is 43.5 Å². The summed E-state index contributed by atoms with van der Waals surface area (Å²) in [5, 5.41) is 5.42. The number of hydrogen-bond donors (Lipinski definition) is 2. The summed E-state index contributed by atoms with van der Waals surface area (Å²) in [6.45, 7) is 2.70. The van der Waals surface area contributed by atoms with Crippen molar-refractivity contribution in [3.05, 3.63) is 24.3 Å². The lowest BCUT2D eigenvalue weighted by molar-refractivity contribution is -0.163. The molecule has 134 valence electrons. The highest BCUT2D eigenvalue weighted by molar-refractivity contribution is 5.95. The summed E-state index contributed by atoms with van der Waals surface area (Å²) in [6, 6.07) is 6.98. The molecule has 2 N–H and O–H groups in total. The maximum absolute atomic E-state index is 12.5. The minimum absolute atomic E-state index is 0.00943. The van der Waals surface area contributed by atoms with Crippen LogP contribution in [0.15, 0.2) is 24.3 Å². The van der Waals surface area contributed by atoms with Crippen LogP contribution in [0.25, 0.3) is 0 Å². The van der Waals surface area contributed by atoms with Gasteiger partial charge in [-0.2, -0.15) is 0 Å². The molecule has 2 heterocycles. The summed E-state index contributed by atoms with van der Waals surface area (Å²) < 4.78 is 5.63. The Morgan fingerprint density at radius 3 is 2.52 bits per heavy atom. The molecule has 7 nitrogen and oxygen atoms in total. The number of anilines is 2. The van der Waals surface area contributed by atoms with E-state index in [1.54, 1.807) is 24.3 Å². The van der Waals surface area contributed by atoms with Crippen molar-refractivity contribution in [2.45, 2.75) is 44.8 Å². The van der Waals surface area contributed by atoms with Crippen LogP contribution in [0.4, 0.5) is 11.4 Å². The van der Waals surface area contributed by atoms with E-state index in [1.807, 2.05) is 4.90 Å². The summed E-state index contributed by atoms with van der Waals surface area (Å²) in [5.41, 5.74) is 1.27. The van der Waals surface area contributed by atoms with Crippen molar-refractivity contribution in [3.63, 3.8) is 0 Å². The van der Waals surface area contributed by atoms with E-state index in [0.29, 0.717) is 18.0 Å². The number of piperidine rings is 1. The first-order chi connectivity index (χ1) is 12.0. The topological polar surface area (TPSA) is 87.7 Å². The van der Waals surface area contributed by atoms with Gasteiger partial charge in [-0.3, -0.25) is 14.4 Å². The molecule has 0 saturated carbocycles. The molecule has 2 fully saturated rings. The number of hydrogen-bond acceptors (Lipinski definition) is 4. The van der Waals surface area contributed by atoms with Gasteiger partial charge in [0.2, 0.25) is 11.8 Å². The molecule has 2 atom stereocenters. The number of nitrogens with one attached hydrogen (secondary N) is 2. The van der Waals surface area contributed by atoms with Crippen molar-refractivity contribution in [1.29, 1.82) is 0 Å². The number of morpholine rings is 1. The minimum atomic E-state index is -0.701. The Hall–Kier alpha value is -2.41. The lowest BCUT2D eigenvalue weighted by Gasteiger charge is -2.41. The van der Waals surface area contributed by atoms with Crippen molar-refractivity contribution >= 4 is 29.1 Å². The molecule has 1 aromatic rings. The number of benzene rings is 1. The lowest BCUT2D eigenvalue weighted by Crippen LogP contribution is -2.56. The molecule has 3 rings (SSSR count). The van der Waals surface area contributed by atoms with Crippen molar-refractivity contribution in [2.24, 2.45) is 0 Å². The smallest absolute Gasteiger partial charge is 0.252 e. The summed E-state index contributed by atoms with van der Waals surface area (Å²) in [7, 11) is 0. The first-order valence-corrected chi connectivity index (χ1v) is 8.62. The van der Waals surface area contributed by atoms with E-state index in [9.17, 15) is 14.4 Å². The van der Waals surface area contributed by atoms with Crippen LogP contribution in [0.2, 0.25) is 0 Å². The molecular formula is C18H23N3O4. The third-order valence-corrected chi connectivity index (χ3v) is 4.54. The molecule has 0 aliphatic carbocycles. The molecule has 2 aliphatic heterocycles. The molecule has 3 amide bonds. The molecular weight excluding hydrogens is 322 g/mol. The summed E-state index contributed by atoms with van der Waals surface area (Å²) >= 11 is 0. The molecule has 0 unspecified atom stereocenters. The van der Waals surface area contributed by atoms with Crippen LogP contribution < -0.4 is 10.6 Å². The standard InChI is InChI=1S/C18H23N3O4/c1-12(22)19-13-5-7-14(8-6-13)20-17(23)10-16-18(24)21-9-3-2-4-15(21)11-25-16/h5-8,15-16H,2-4,9-11H2,1H3,(H,19,22)(H,20,23)/t15-,16+/m1/s1. The van der Waals surface area contributed by atoms with Crippen LogP contribution in [0, 0.1) is 0 Å². The first-order valence-electron chi connectivity index (χ1n) is 8.62. The quantitative estimate of drug-likeness (QED) is 0.870. The molecule has 2 saturated heterocycles. The zero-order chi connectivity index (χ0) is 17.8. The second kappa shape index (κ2) is 7.65. The normalized spacial score (nSPS) is 22.9. The van der Waals surface area contributed by atoms with Crippen molar-refractivity contribution < 1.29 is 19.1 Å². The molecule has 0 aromatic heterocycles. The SMILES string of the molecule is CC(=O)Nc1ccc(NC(=O)C[C@@H]2OC[C@H]3CCCCN3C2=O)cc1. The molecule has 0 spiro atoms. The van der Waals surface area contributed by atoms with Crippen LogP contribution in [0.1, 0.15) is 32.6 Å². The highest BCUT2D eigenvalue weighted by Gasteiger charge is 2.38. The predicted molar refractivity (Wildman–Crippen MR) is 93.1 cm³/mol. The van der Waals surface area contributed by atoms with E-state index in [4.69, 9.17) is 4.74 Å². The second-order valence-electron chi connectivity index (χ2n) is 6.51. The highest BCUT2D eigenvalue weighted by atomic mass is 16.5. The van der Waals surface area contributed by atoms with Crippen LogP contribution >= 0.6 is 0 Å². The Bertz CT molecular complexity index is 659. The van der Waals surface area contributed by atoms with Gasteiger partial charge < -0.3 is 20.3 Å². The largest absolute Gasteiger partial charge is 0.366 e. The Morgan fingerprint density at radius 1 is 1.16 bits per heavy atom. The molecule has 25 heavy (non-hydrogen) atoms. The zero-order valence-electron chi connectivity index (χ0n) is 14.3. The fourth-order valence-electron chi connectivity index (χ4n) is 3.31. The van der Waals surface area contributed by atoms with E-state index in [1.165, 1.54) is 6.92 Å². The summed E-state index contributed by atoms with van der Waals surface area (Å²) in [5.74, 6) is -0.492. The van der Waals surface area contributed by atoms with E-state index < -0.39 is 6.10 Å². The van der Waals surface area contributed by atoms with Gasteiger partial charge in [0.05, 0.1) is 19.1 Å². The molecule has 0 radical (unpaired) electrons. The monoisotopic (exact) mass is 345 g/mol. The van der Waals surface area contributed by atoms with Gasteiger partial charge in [0.1, 0.15) is 6.10 Å². The van der Waals surface area contributed by atoms with Gasteiger partial charge in [0.25, 0.3) is 5.91 Å². The van der Waals surface area contributed by atoms with E-state index >= 15 is 0 Å². The highest BCUT2D eigenvalue weighted by Crippen LogP contribution is 2.24. The third-order valence-electron chi connectivity index (χ3n) is 4.54. The molecule has 7 heteroatoms. The minimum Gasteiger partial charge on any atom is -0.366 e. The number of nitrogens with zero attached hydrogens (tertiary/aromatic N) is 1. The van der Waals surface area contributed by atoms with Gasteiger partial charge in [-0.25, -0.2) is 0 Å². The number of ether oxygens (including phenoxy) is 1. The van der Waals surface area contributed by atoms with E-state index in [2.05, 4.69) is 10.6 Å². The maximum atomic E-state index is 12.5. The Kier molecular flexibility index (Phi) is 5.33. The average molecular weight is 345 g/mol. The maximum Gasteiger partial charge on any atom is 0.252 e. The van der Waals surface area contributed by atoms with Crippen LogP contribution in [-0.2, 0) is 19.1 Å². The zero-order valence-corrected chi connectivity index (χ0v) is 14.3. The second-order valence-corrected chi connectivity index (χ2v) is 6.51. The Morgan fingerprint density at radius 2 is 1.84 bits per heavy atom. The molecule has 2 aliphatic rings. The van der Waals surface area contributed by atoms with Gasteiger partial charge in [-0.15, -0.1) is 0 Å². The number of carbonyl (C=O) groups is 3. The summed E-state index contributed by atoms with van der Waals surface area (Å²) in [4.78, 5) is 37.6. The Balaban J connectivity index is 1.53. The van der Waals surface area contributed by atoms with Gasteiger partial charge >= 0.3 is 0 Å². The molecule has 0 bridgehead atoms. The van der Waals surface area contributed by atoms with E-state index in [-0.39, 0.29) is 30.2 Å².